The van der Waals surface area contributed by atoms with E-state index in [1.54, 1.807) is 0 Å². The quantitative estimate of drug-likeness (QED) is 0.849. The molecule has 1 amide bonds. The van der Waals surface area contributed by atoms with E-state index in [1.807, 2.05) is 43.7 Å². The molecule has 2 heterocycles. The van der Waals surface area contributed by atoms with Gasteiger partial charge in [-0.3, -0.25) is 4.79 Å². The van der Waals surface area contributed by atoms with Gasteiger partial charge in [-0.1, -0.05) is 6.92 Å². The Balaban J connectivity index is 1.87. The van der Waals surface area contributed by atoms with Crippen molar-refractivity contribution < 1.29 is 4.79 Å². The van der Waals surface area contributed by atoms with E-state index in [-0.39, 0.29) is 5.91 Å². The highest BCUT2D eigenvalue weighted by Gasteiger charge is 2.24. The molecule has 0 saturated heterocycles. The van der Waals surface area contributed by atoms with Crippen LogP contribution in [0.4, 0.5) is 5.95 Å². The number of carbonyl (C=O) groups excluding carboxylic acids is 1. The number of nitrogens with zero attached hydrogens (tertiary/aromatic N) is 4. The van der Waals surface area contributed by atoms with Crippen LogP contribution in [0.2, 0.25) is 0 Å². The summed E-state index contributed by atoms with van der Waals surface area (Å²) in [7, 11) is 3.83. The molecule has 24 heavy (non-hydrogen) atoms. The highest BCUT2D eigenvalue weighted by atomic mass is 16.1. The molecule has 3 rings (SSSR count). The maximum absolute atomic E-state index is 12.4. The molecule has 128 valence electrons. The first-order valence-corrected chi connectivity index (χ1v) is 8.56. The number of rotatable bonds is 7. The van der Waals surface area contributed by atoms with Crippen LogP contribution in [0, 0.1) is 5.92 Å². The molecule has 0 unspecified atom stereocenters. The minimum atomic E-state index is -0.00502. The van der Waals surface area contributed by atoms with Crippen LogP contribution in [-0.2, 0) is 6.54 Å². The van der Waals surface area contributed by atoms with Crippen LogP contribution < -0.4 is 10.2 Å². The molecular formula is C18H25N5O. The van der Waals surface area contributed by atoms with E-state index in [2.05, 4.69) is 26.8 Å². The van der Waals surface area contributed by atoms with Crippen molar-refractivity contribution in [2.45, 2.75) is 32.7 Å². The molecule has 0 aliphatic heterocycles. The summed E-state index contributed by atoms with van der Waals surface area (Å²) in [5.74, 6) is 1.38. The lowest BCUT2D eigenvalue weighted by atomic mass is 10.2. The molecule has 2 aromatic rings. The van der Waals surface area contributed by atoms with Crippen LogP contribution in [0.3, 0.4) is 0 Å². The maximum atomic E-state index is 12.4. The van der Waals surface area contributed by atoms with Gasteiger partial charge in [0.1, 0.15) is 5.69 Å². The van der Waals surface area contributed by atoms with Gasteiger partial charge in [-0.05, 0) is 31.2 Å². The van der Waals surface area contributed by atoms with Gasteiger partial charge < -0.3 is 14.8 Å². The average Bonchev–Trinajstić information content (AvgIpc) is 3.29. The van der Waals surface area contributed by atoms with Gasteiger partial charge in [0.15, 0.2) is 0 Å². The monoisotopic (exact) mass is 327 g/mol. The van der Waals surface area contributed by atoms with E-state index in [0.29, 0.717) is 18.4 Å². The predicted molar refractivity (Wildman–Crippen MR) is 95.1 cm³/mol. The first kappa shape index (κ1) is 16.5. The molecule has 1 aliphatic carbocycles. The lowest BCUT2D eigenvalue weighted by molar-refractivity contribution is 0.0944. The van der Waals surface area contributed by atoms with Gasteiger partial charge in [0.2, 0.25) is 5.95 Å². The van der Waals surface area contributed by atoms with Crippen molar-refractivity contribution in [1.82, 2.24) is 19.9 Å². The molecule has 1 fully saturated rings. The number of nitrogens with one attached hydrogen (secondary N) is 1. The Hall–Kier alpha value is -2.37. The van der Waals surface area contributed by atoms with Crippen LogP contribution >= 0.6 is 0 Å². The van der Waals surface area contributed by atoms with Crippen molar-refractivity contribution in [2.24, 2.45) is 5.92 Å². The highest BCUT2D eigenvalue weighted by Crippen LogP contribution is 2.32. The van der Waals surface area contributed by atoms with Crippen molar-refractivity contribution in [3.05, 3.63) is 30.4 Å². The van der Waals surface area contributed by atoms with Crippen LogP contribution in [0.15, 0.2) is 24.7 Å². The minimum Gasteiger partial charge on any atom is -0.351 e. The molecule has 6 nitrogen and oxygen atoms in total. The van der Waals surface area contributed by atoms with Gasteiger partial charge >= 0.3 is 0 Å². The van der Waals surface area contributed by atoms with Crippen molar-refractivity contribution in [2.75, 3.05) is 25.5 Å². The van der Waals surface area contributed by atoms with Crippen LogP contribution in [0.5, 0.6) is 0 Å². The van der Waals surface area contributed by atoms with E-state index in [0.717, 1.165) is 29.8 Å². The fourth-order valence-corrected chi connectivity index (χ4v) is 2.62. The van der Waals surface area contributed by atoms with E-state index in [4.69, 9.17) is 0 Å². The zero-order valence-electron chi connectivity index (χ0n) is 14.6. The first-order valence-electron chi connectivity index (χ1n) is 8.56. The number of hydrogen-bond acceptors (Lipinski definition) is 4. The molecule has 0 atom stereocenters. The Bertz CT molecular complexity index is 701. The largest absolute Gasteiger partial charge is 0.351 e. The van der Waals surface area contributed by atoms with Gasteiger partial charge in [0.25, 0.3) is 5.91 Å². The Labute approximate surface area is 142 Å². The summed E-state index contributed by atoms with van der Waals surface area (Å²) in [6, 6.07) is 1.95. The smallest absolute Gasteiger partial charge is 0.267 e. The van der Waals surface area contributed by atoms with Crippen molar-refractivity contribution >= 4 is 11.9 Å². The zero-order chi connectivity index (χ0) is 17.1. The zero-order valence-corrected chi connectivity index (χ0v) is 14.6. The standard InChI is InChI=1S/C18H25N5O/c1-4-7-19-17(24)16-8-14(12-23(16)11-13-5-6-13)15-9-20-18(21-10-15)22(2)3/h8-10,12-13H,4-7,11H2,1-3H3,(H,19,24). The van der Waals surface area contributed by atoms with Gasteiger partial charge in [0, 0.05) is 56.9 Å². The van der Waals surface area contributed by atoms with Gasteiger partial charge in [-0.2, -0.15) is 0 Å². The summed E-state index contributed by atoms with van der Waals surface area (Å²) in [5, 5.41) is 2.97. The van der Waals surface area contributed by atoms with Crippen LogP contribution in [0.1, 0.15) is 36.7 Å². The molecule has 1 N–H and O–H groups in total. The third kappa shape index (κ3) is 3.75. The lowest BCUT2D eigenvalue weighted by Crippen LogP contribution is -2.26. The topological polar surface area (TPSA) is 63.1 Å². The van der Waals surface area contributed by atoms with E-state index < -0.39 is 0 Å². The Kier molecular flexibility index (Phi) is 4.83. The molecule has 0 spiro atoms. The van der Waals surface area contributed by atoms with Gasteiger partial charge in [-0.15, -0.1) is 0 Å². The van der Waals surface area contributed by atoms with Crippen LogP contribution in [-0.4, -0.2) is 41.1 Å². The third-order valence-electron chi connectivity index (χ3n) is 4.19. The molecule has 2 aromatic heterocycles. The van der Waals surface area contributed by atoms with E-state index in [1.165, 1.54) is 12.8 Å². The maximum Gasteiger partial charge on any atom is 0.267 e. The van der Waals surface area contributed by atoms with E-state index in [9.17, 15) is 4.79 Å². The minimum absolute atomic E-state index is 0.00502. The van der Waals surface area contributed by atoms with Gasteiger partial charge in [-0.25, -0.2) is 9.97 Å². The summed E-state index contributed by atoms with van der Waals surface area (Å²) in [6.45, 7) is 3.66. The Morgan fingerprint density at radius 1 is 1.29 bits per heavy atom. The second-order valence-electron chi connectivity index (χ2n) is 6.63. The Morgan fingerprint density at radius 3 is 2.58 bits per heavy atom. The van der Waals surface area contributed by atoms with Crippen molar-refractivity contribution in [3.63, 3.8) is 0 Å². The van der Waals surface area contributed by atoms with Crippen LogP contribution in [0.25, 0.3) is 11.1 Å². The highest BCUT2D eigenvalue weighted by molar-refractivity contribution is 5.94. The number of anilines is 1. The summed E-state index contributed by atoms with van der Waals surface area (Å²) in [5.41, 5.74) is 2.64. The summed E-state index contributed by atoms with van der Waals surface area (Å²) in [6.07, 6.45) is 9.11. The second kappa shape index (κ2) is 7.03. The predicted octanol–water partition coefficient (Wildman–Crippen LogP) is 2.56. The number of aromatic nitrogens is 3. The number of carbonyl (C=O) groups is 1. The average molecular weight is 327 g/mol. The molecule has 0 bridgehead atoms. The van der Waals surface area contributed by atoms with Crippen molar-refractivity contribution in [3.8, 4) is 11.1 Å². The summed E-state index contributed by atoms with van der Waals surface area (Å²) < 4.78 is 2.08. The number of amides is 1. The first-order chi connectivity index (χ1) is 11.6. The Morgan fingerprint density at radius 2 is 2.00 bits per heavy atom. The van der Waals surface area contributed by atoms with E-state index >= 15 is 0 Å². The fourth-order valence-electron chi connectivity index (χ4n) is 2.62. The SMILES string of the molecule is CCCNC(=O)c1cc(-c2cnc(N(C)C)nc2)cn1CC1CC1. The number of hydrogen-bond donors (Lipinski definition) is 1. The third-order valence-corrected chi connectivity index (χ3v) is 4.19. The molecule has 6 heteroatoms. The summed E-state index contributed by atoms with van der Waals surface area (Å²) in [4.78, 5) is 23.0. The lowest BCUT2D eigenvalue weighted by Gasteiger charge is -2.09. The van der Waals surface area contributed by atoms with Crippen molar-refractivity contribution in [1.29, 1.82) is 0 Å². The fraction of sp³-hybridized carbons (Fsp3) is 0.500. The second-order valence-corrected chi connectivity index (χ2v) is 6.63. The van der Waals surface area contributed by atoms with Gasteiger partial charge in [0.05, 0.1) is 0 Å². The normalized spacial score (nSPS) is 13.8. The molecule has 1 saturated carbocycles. The summed E-state index contributed by atoms with van der Waals surface area (Å²) >= 11 is 0. The molecule has 1 aliphatic rings. The molecule has 0 aromatic carbocycles. The molecule has 0 radical (unpaired) electrons. The molecular weight excluding hydrogens is 302 g/mol.